The van der Waals surface area contributed by atoms with E-state index in [0.717, 1.165) is 33.4 Å². The molecule has 140 valence electrons. The molecule has 28 heavy (non-hydrogen) atoms. The number of rotatable bonds is 5. The van der Waals surface area contributed by atoms with Crippen LogP contribution < -0.4 is 5.32 Å². The summed E-state index contributed by atoms with van der Waals surface area (Å²) in [5, 5.41) is 6.47. The molecule has 0 unspecified atom stereocenters. The van der Waals surface area contributed by atoms with Gasteiger partial charge in [0.2, 0.25) is 5.91 Å². The molecule has 0 atom stereocenters. The summed E-state index contributed by atoms with van der Waals surface area (Å²) in [6.45, 7) is 3.88. The number of nitrogens with zero attached hydrogens (tertiary/aromatic N) is 2. The van der Waals surface area contributed by atoms with Crippen molar-refractivity contribution < 1.29 is 4.79 Å². The largest absolute Gasteiger partial charge is 0.326 e. The standard InChI is InChI=1S/C23H21N3OS/c1-15-12-19(10-11-24-15)26-22(27)14-21-16(2)25-23(28-21)13-18-8-5-7-17-6-3-4-9-20(17)18/h3-12H,13-14H2,1-2H3,(H,24,26,27). The molecule has 0 radical (unpaired) electrons. The zero-order valence-electron chi connectivity index (χ0n) is 15.9. The van der Waals surface area contributed by atoms with Crippen molar-refractivity contribution in [1.82, 2.24) is 9.97 Å². The number of benzene rings is 2. The summed E-state index contributed by atoms with van der Waals surface area (Å²) in [6, 6.07) is 18.4. The molecule has 0 aliphatic rings. The third-order valence-corrected chi connectivity index (χ3v) is 5.82. The molecule has 4 rings (SSSR count). The SMILES string of the molecule is Cc1cc(NC(=O)Cc2sc(Cc3cccc4ccccc34)nc2C)ccn1. The maximum Gasteiger partial charge on any atom is 0.229 e. The lowest BCUT2D eigenvalue weighted by atomic mass is 10.0. The highest BCUT2D eigenvalue weighted by atomic mass is 32.1. The Kier molecular flexibility index (Phi) is 5.17. The van der Waals surface area contributed by atoms with Crippen LogP contribution in [0.3, 0.4) is 0 Å². The van der Waals surface area contributed by atoms with Crippen molar-refractivity contribution in [1.29, 1.82) is 0 Å². The molecule has 2 heterocycles. The van der Waals surface area contributed by atoms with E-state index in [2.05, 4.69) is 52.8 Å². The number of carbonyl (C=O) groups excluding carboxylic acids is 1. The molecule has 0 spiro atoms. The first kappa shape index (κ1) is 18.3. The maximum atomic E-state index is 12.4. The van der Waals surface area contributed by atoms with Gasteiger partial charge in [-0.05, 0) is 42.3 Å². The highest BCUT2D eigenvalue weighted by Crippen LogP contribution is 2.25. The number of pyridine rings is 1. The van der Waals surface area contributed by atoms with Crippen LogP contribution in [0.4, 0.5) is 5.69 Å². The van der Waals surface area contributed by atoms with Crippen LogP contribution in [0, 0.1) is 13.8 Å². The van der Waals surface area contributed by atoms with E-state index in [0.29, 0.717) is 6.42 Å². The van der Waals surface area contributed by atoms with Crippen LogP contribution in [0.5, 0.6) is 0 Å². The summed E-state index contributed by atoms with van der Waals surface area (Å²) < 4.78 is 0. The van der Waals surface area contributed by atoms with Gasteiger partial charge in [-0.15, -0.1) is 11.3 Å². The Bertz CT molecular complexity index is 1140. The first-order valence-corrected chi connectivity index (χ1v) is 10.0. The number of hydrogen-bond donors (Lipinski definition) is 1. The van der Waals surface area contributed by atoms with Crippen molar-refractivity contribution in [2.24, 2.45) is 0 Å². The fraction of sp³-hybridized carbons (Fsp3) is 0.174. The lowest BCUT2D eigenvalue weighted by Gasteiger charge is -2.05. The minimum Gasteiger partial charge on any atom is -0.326 e. The van der Waals surface area contributed by atoms with Gasteiger partial charge in [-0.3, -0.25) is 9.78 Å². The van der Waals surface area contributed by atoms with Gasteiger partial charge in [0.05, 0.1) is 17.1 Å². The Morgan fingerprint density at radius 1 is 1.07 bits per heavy atom. The molecule has 4 aromatic rings. The smallest absolute Gasteiger partial charge is 0.229 e. The second kappa shape index (κ2) is 7.90. The van der Waals surface area contributed by atoms with E-state index < -0.39 is 0 Å². The second-order valence-electron chi connectivity index (χ2n) is 6.84. The van der Waals surface area contributed by atoms with Gasteiger partial charge in [0.1, 0.15) is 0 Å². The summed E-state index contributed by atoms with van der Waals surface area (Å²) in [7, 11) is 0. The van der Waals surface area contributed by atoms with E-state index in [-0.39, 0.29) is 5.91 Å². The van der Waals surface area contributed by atoms with Crippen LogP contribution in [0.1, 0.15) is 26.8 Å². The molecule has 1 amide bonds. The summed E-state index contributed by atoms with van der Waals surface area (Å²) >= 11 is 1.62. The van der Waals surface area contributed by atoms with Crippen molar-refractivity contribution >= 4 is 33.7 Å². The number of nitrogens with one attached hydrogen (secondary N) is 1. The Hall–Kier alpha value is -3.05. The number of fused-ring (bicyclic) bond motifs is 1. The van der Waals surface area contributed by atoms with Gasteiger partial charge in [0.25, 0.3) is 0 Å². The quantitative estimate of drug-likeness (QED) is 0.519. The third kappa shape index (κ3) is 4.10. The van der Waals surface area contributed by atoms with Crippen molar-refractivity contribution in [2.45, 2.75) is 26.7 Å². The number of aryl methyl sites for hydroxylation is 2. The fourth-order valence-corrected chi connectivity index (χ4v) is 4.40. The first-order chi connectivity index (χ1) is 13.6. The summed E-state index contributed by atoms with van der Waals surface area (Å²) in [4.78, 5) is 22.3. The van der Waals surface area contributed by atoms with Gasteiger partial charge >= 0.3 is 0 Å². The minimum atomic E-state index is -0.0333. The van der Waals surface area contributed by atoms with Gasteiger partial charge < -0.3 is 5.32 Å². The van der Waals surface area contributed by atoms with Crippen LogP contribution >= 0.6 is 11.3 Å². The molecular formula is C23H21N3OS. The molecule has 0 saturated heterocycles. The Labute approximate surface area is 168 Å². The summed E-state index contributed by atoms with van der Waals surface area (Å²) in [5.74, 6) is -0.0333. The average molecular weight is 388 g/mol. The molecule has 0 aliphatic heterocycles. The Morgan fingerprint density at radius 3 is 2.75 bits per heavy atom. The van der Waals surface area contributed by atoms with E-state index in [4.69, 9.17) is 4.98 Å². The molecule has 1 N–H and O–H groups in total. The molecule has 0 fully saturated rings. The maximum absolute atomic E-state index is 12.4. The molecule has 5 heteroatoms. The lowest BCUT2D eigenvalue weighted by Crippen LogP contribution is -2.14. The number of hydrogen-bond acceptors (Lipinski definition) is 4. The zero-order chi connectivity index (χ0) is 19.5. The second-order valence-corrected chi connectivity index (χ2v) is 8.01. The number of carbonyl (C=O) groups is 1. The molecule has 2 aromatic heterocycles. The lowest BCUT2D eigenvalue weighted by molar-refractivity contribution is -0.115. The molecule has 0 saturated carbocycles. The Morgan fingerprint density at radius 2 is 1.89 bits per heavy atom. The summed E-state index contributed by atoms with van der Waals surface area (Å²) in [5.41, 5.74) is 3.84. The zero-order valence-corrected chi connectivity index (χ0v) is 16.7. The molecular weight excluding hydrogens is 366 g/mol. The fourth-order valence-electron chi connectivity index (χ4n) is 3.31. The van der Waals surface area contributed by atoms with Crippen LogP contribution in [-0.4, -0.2) is 15.9 Å². The predicted molar refractivity (Wildman–Crippen MR) is 115 cm³/mol. The number of amides is 1. The van der Waals surface area contributed by atoms with E-state index >= 15 is 0 Å². The number of anilines is 1. The molecule has 4 nitrogen and oxygen atoms in total. The van der Waals surface area contributed by atoms with Crippen LogP contribution in [0.15, 0.2) is 60.8 Å². The van der Waals surface area contributed by atoms with Gasteiger partial charge in [0.15, 0.2) is 0 Å². The monoisotopic (exact) mass is 387 g/mol. The van der Waals surface area contributed by atoms with Crippen LogP contribution in [-0.2, 0) is 17.6 Å². The van der Waals surface area contributed by atoms with Gasteiger partial charge in [-0.25, -0.2) is 4.98 Å². The van der Waals surface area contributed by atoms with Crippen molar-refractivity contribution in [3.63, 3.8) is 0 Å². The topological polar surface area (TPSA) is 54.9 Å². The van der Waals surface area contributed by atoms with Gasteiger partial charge in [-0.2, -0.15) is 0 Å². The average Bonchev–Trinajstić information content (AvgIpc) is 3.01. The predicted octanol–water partition coefficient (Wildman–Crippen LogP) is 5.08. The van der Waals surface area contributed by atoms with Crippen LogP contribution in [0.25, 0.3) is 10.8 Å². The highest BCUT2D eigenvalue weighted by Gasteiger charge is 2.13. The summed E-state index contributed by atoms with van der Waals surface area (Å²) in [6.07, 6.45) is 2.81. The minimum absolute atomic E-state index is 0.0333. The third-order valence-electron chi connectivity index (χ3n) is 4.66. The van der Waals surface area contributed by atoms with Crippen molar-refractivity contribution in [3.05, 3.63) is 87.6 Å². The van der Waals surface area contributed by atoms with Crippen molar-refractivity contribution in [2.75, 3.05) is 5.32 Å². The van der Waals surface area contributed by atoms with Gasteiger partial charge in [-0.1, -0.05) is 42.5 Å². The van der Waals surface area contributed by atoms with E-state index in [1.165, 1.54) is 16.3 Å². The van der Waals surface area contributed by atoms with E-state index in [9.17, 15) is 4.79 Å². The number of thiazole rings is 1. The normalized spacial score (nSPS) is 10.9. The van der Waals surface area contributed by atoms with Crippen molar-refractivity contribution in [3.8, 4) is 0 Å². The molecule has 2 aromatic carbocycles. The Balaban J connectivity index is 1.49. The number of aromatic nitrogens is 2. The molecule has 0 aliphatic carbocycles. The van der Waals surface area contributed by atoms with E-state index in [1.54, 1.807) is 23.6 Å². The highest BCUT2D eigenvalue weighted by molar-refractivity contribution is 7.11. The van der Waals surface area contributed by atoms with E-state index in [1.807, 2.05) is 19.9 Å². The first-order valence-electron chi connectivity index (χ1n) is 9.23. The molecule has 0 bridgehead atoms. The van der Waals surface area contributed by atoms with Gasteiger partial charge in [0, 0.05) is 28.9 Å². The van der Waals surface area contributed by atoms with Crippen LogP contribution in [0.2, 0.25) is 0 Å².